The summed E-state index contributed by atoms with van der Waals surface area (Å²) < 4.78 is 4.83. The van der Waals surface area contributed by atoms with E-state index in [2.05, 4.69) is 12.2 Å². The molecular weight excluding hydrogens is 244 g/mol. The second kappa shape index (κ2) is 8.91. The molecule has 1 atom stereocenters. The topological polar surface area (TPSA) is 58.6 Å². The zero-order valence-corrected chi connectivity index (χ0v) is 12.1. The van der Waals surface area contributed by atoms with Gasteiger partial charge in [0.2, 0.25) is 5.91 Å². The molecule has 1 heterocycles. The molecule has 1 aliphatic rings. The molecule has 0 radical (unpaired) electrons. The minimum absolute atomic E-state index is 0.149. The van der Waals surface area contributed by atoms with Crippen molar-refractivity contribution in [2.75, 3.05) is 26.2 Å². The van der Waals surface area contributed by atoms with Crippen LogP contribution in [-0.4, -0.2) is 49.1 Å². The summed E-state index contributed by atoms with van der Waals surface area (Å²) in [5.41, 5.74) is 0. The molecule has 0 saturated carbocycles. The van der Waals surface area contributed by atoms with Crippen LogP contribution in [0.3, 0.4) is 0 Å². The summed E-state index contributed by atoms with van der Waals surface area (Å²) in [6, 6.07) is 0.396. The largest absolute Gasteiger partial charge is 0.466 e. The minimum atomic E-state index is -0.216. The lowest BCUT2D eigenvalue weighted by molar-refractivity contribution is -0.143. The van der Waals surface area contributed by atoms with E-state index in [4.69, 9.17) is 4.74 Å². The normalized spacial score (nSPS) is 19.3. The van der Waals surface area contributed by atoms with Crippen LogP contribution in [0, 0.1) is 0 Å². The van der Waals surface area contributed by atoms with Crippen molar-refractivity contribution in [3.8, 4) is 0 Å². The van der Waals surface area contributed by atoms with Crippen LogP contribution in [0.4, 0.5) is 0 Å². The SMILES string of the molecule is CCOC(=O)CCNCC(=O)N1CCCCC1CC. The fraction of sp³-hybridized carbons (Fsp3) is 0.857. The van der Waals surface area contributed by atoms with E-state index in [1.807, 2.05) is 4.90 Å². The number of likely N-dealkylation sites (tertiary alicyclic amines) is 1. The van der Waals surface area contributed by atoms with Gasteiger partial charge < -0.3 is 15.0 Å². The standard InChI is InChI=1S/C14H26N2O3/c1-3-12-7-5-6-10-16(12)13(17)11-15-9-8-14(18)19-4-2/h12,15H,3-11H2,1-2H3. The Labute approximate surface area is 115 Å². The average molecular weight is 270 g/mol. The third-order valence-electron chi connectivity index (χ3n) is 3.51. The first kappa shape index (κ1) is 16.0. The van der Waals surface area contributed by atoms with E-state index in [9.17, 15) is 9.59 Å². The Bertz CT molecular complexity index is 294. The number of carbonyl (C=O) groups is 2. The predicted molar refractivity (Wildman–Crippen MR) is 73.8 cm³/mol. The molecule has 5 heteroatoms. The Hall–Kier alpha value is -1.10. The van der Waals surface area contributed by atoms with Crippen molar-refractivity contribution in [1.29, 1.82) is 0 Å². The van der Waals surface area contributed by atoms with Gasteiger partial charge in [-0.1, -0.05) is 6.92 Å². The Morgan fingerprint density at radius 2 is 2.11 bits per heavy atom. The number of nitrogens with one attached hydrogen (secondary N) is 1. The van der Waals surface area contributed by atoms with E-state index in [0.29, 0.717) is 32.2 Å². The third kappa shape index (κ3) is 5.59. The highest BCUT2D eigenvalue weighted by Crippen LogP contribution is 2.19. The monoisotopic (exact) mass is 270 g/mol. The fourth-order valence-electron chi connectivity index (χ4n) is 2.47. The second-order valence-electron chi connectivity index (χ2n) is 4.88. The summed E-state index contributed by atoms with van der Waals surface area (Å²) in [4.78, 5) is 25.2. The number of amides is 1. The van der Waals surface area contributed by atoms with Crippen LogP contribution in [0.1, 0.15) is 46.0 Å². The summed E-state index contributed by atoms with van der Waals surface area (Å²) >= 11 is 0. The summed E-state index contributed by atoms with van der Waals surface area (Å²) in [6.07, 6.45) is 4.78. The number of carbonyl (C=O) groups excluding carboxylic acids is 2. The van der Waals surface area contributed by atoms with Gasteiger partial charge in [0.1, 0.15) is 0 Å². The van der Waals surface area contributed by atoms with E-state index in [0.717, 1.165) is 25.8 Å². The molecule has 1 unspecified atom stereocenters. The summed E-state index contributed by atoms with van der Waals surface area (Å²) in [5.74, 6) is -0.0673. The lowest BCUT2D eigenvalue weighted by Crippen LogP contribution is -2.47. The van der Waals surface area contributed by atoms with Gasteiger partial charge in [-0.15, -0.1) is 0 Å². The lowest BCUT2D eigenvalue weighted by Gasteiger charge is -2.35. The van der Waals surface area contributed by atoms with E-state index in [-0.39, 0.29) is 11.9 Å². The van der Waals surface area contributed by atoms with E-state index in [1.165, 1.54) is 6.42 Å². The van der Waals surface area contributed by atoms with Gasteiger partial charge in [0.15, 0.2) is 0 Å². The Kier molecular flexibility index (Phi) is 7.48. The van der Waals surface area contributed by atoms with Crippen LogP contribution in [-0.2, 0) is 14.3 Å². The molecule has 5 nitrogen and oxygen atoms in total. The number of esters is 1. The predicted octanol–water partition coefficient (Wildman–Crippen LogP) is 1.32. The van der Waals surface area contributed by atoms with Crippen molar-refractivity contribution in [2.24, 2.45) is 0 Å². The molecule has 1 fully saturated rings. The van der Waals surface area contributed by atoms with E-state index < -0.39 is 0 Å². The third-order valence-corrected chi connectivity index (χ3v) is 3.51. The first-order valence-corrected chi connectivity index (χ1v) is 7.34. The molecule has 0 bridgehead atoms. The number of hydrogen-bond donors (Lipinski definition) is 1. The van der Waals surface area contributed by atoms with Gasteiger partial charge in [0, 0.05) is 19.1 Å². The molecular formula is C14H26N2O3. The zero-order valence-electron chi connectivity index (χ0n) is 12.1. The molecule has 1 saturated heterocycles. The molecule has 1 N–H and O–H groups in total. The number of ether oxygens (including phenoxy) is 1. The van der Waals surface area contributed by atoms with Crippen LogP contribution >= 0.6 is 0 Å². The second-order valence-corrected chi connectivity index (χ2v) is 4.88. The number of nitrogens with zero attached hydrogens (tertiary/aromatic N) is 1. The highest BCUT2D eigenvalue weighted by atomic mass is 16.5. The number of piperidine rings is 1. The smallest absolute Gasteiger partial charge is 0.307 e. The van der Waals surface area contributed by atoms with Crippen molar-refractivity contribution in [3.05, 3.63) is 0 Å². The molecule has 0 spiro atoms. The molecule has 1 amide bonds. The Morgan fingerprint density at radius 1 is 1.32 bits per heavy atom. The van der Waals surface area contributed by atoms with Crippen LogP contribution in [0.15, 0.2) is 0 Å². The van der Waals surface area contributed by atoms with Gasteiger partial charge in [-0.25, -0.2) is 0 Å². The van der Waals surface area contributed by atoms with Gasteiger partial charge in [0.05, 0.1) is 19.6 Å². The van der Waals surface area contributed by atoms with Crippen LogP contribution in [0.5, 0.6) is 0 Å². The fourth-order valence-corrected chi connectivity index (χ4v) is 2.47. The summed E-state index contributed by atoms with van der Waals surface area (Å²) in [5, 5.41) is 3.02. The van der Waals surface area contributed by atoms with Crippen molar-refractivity contribution in [2.45, 2.75) is 52.0 Å². The molecule has 1 aliphatic heterocycles. The maximum atomic E-state index is 12.1. The number of rotatable bonds is 7. The molecule has 0 aromatic rings. The van der Waals surface area contributed by atoms with Gasteiger partial charge in [-0.2, -0.15) is 0 Å². The molecule has 19 heavy (non-hydrogen) atoms. The molecule has 1 rings (SSSR count). The molecule has 0 aliphatic carbocycles. The van der Waals surface area contributed by atoms with Crippen molar-refractivity contribution >= 4 is 11.9 Å². The summed E-state index contributed by atoms with van der Waals surface area (Å²) in [6.45, 7) is 6.01. The maximum absolute atomic E-state index is 12.1. The quantitative estimate of drug-likeness (QED) is 0.560. The molecule has 110 valence electrons. The molecule has 0 aromatic carbocycles. The first-order chi connectivity index (χ1) is 9.19. The highest BCUT2D eigenvalue weighted by Gasteiger charge is 2.24. The van der Waals surface area contributed by atoms with Crippen LogP contribution in [0.25, 0.3) is 0 Å². The van der Waals surface area contributed by atoms with E-state index >= 15 is 0 Å². The van der Waals surface area contributed by atoms with Crippen molar-refractivity contribution < 1.29 is 14.3 Å². The van der Waals surface area contributed by atoms with Gasteiger partial charge in [-0.3, -0.25) is 9.59 Å². The van der Waals surface area contributed by atoms with Crippen molar-refractivity contribution in [1.82, 2.24) is 10.2 Å². The Morgan fingerprint density at radius 3 is 2.79 bits per heavy atom. The van der Waals surface area contributed by atoms with Crippen LogP contribution in [0.2, 0.25) is 0 Å². The van der Waals surface area contributed by atoms with Gasteiger partial charge in [0.25, 0.3) is 0 Å². The van der Waals surface area contributed by atoms with Gasteiger partial charge in [-0.05, 0) is 32.6 Å². The van der Waals surface area contributed by atoms with Gasteiger partial charge >= 0.3 is 5.97 Å². The molecule has 0 aromatic heterocycles. The van der Waals surface area contributed by atoms with Crippen LogP contribution < -0.4 is 5.32 Å². The highest BCUT2D eigenvalue weighted by molar-refractivity contribution is 5.78. The summed E-state index contributed by atoms with van der Waals surface area (Å²) in [7, 11) is 0. The Balaban J connectivity index is 2.21. The average Bonchev–Trinajstić information content (AvgIpc) is 2.43. The minimum Gasteiger partial charge on any atom is -0.466 e. The number of hydrogen-bond acceptors (Lipinski definition) is 4. The van der Waals surface area contributed by atoms with E-state index in [1.54, 1.807) is 6.92 Å². The zero-order chi connectivity index (χ0) is 14.1. The van der Waals surface area contributed by atoms with Crippen molar-refractivity contribution in [3.63, 3.8) is 0 Å². The first-order valence-electron chi connectivity index (χ1n) is 7.34. The lowest BCUT2D eigenvalue weighted by atomic mass is 10.00. The maximum Gasteiger partial charge on any atom is 0.307 e.